The van der Waals surface area contributed by atoms with E-state index >= 15 is 0 Å². The number of non-ortho nitro benzene ring substituents is 1. The van der Waals surface area contributed by atoms with Crippen molar-refractivity contribution in [2.75, 3.05) is 0 Å². The van der Waals surface area contributed by atoms with Crippen molar-refractivity contribution >= 4 is 39.4 Å². The van der Waals surface area contributed by atoms with Gasteiger partial charge in [0.15, 0.2) is 6.20 Å². The number of pyridine rings is 1. The van der Waals surface area contributed by atoms with Crippen LogP contribution in [-0.2, 0) is 4.79 Å². The summed E-state index contributed by atoms with van der Waals surface area (Å²) >= 11 is 0.687. The van der Waals surface area contributed by atoms with Gasteiger partial charge in [0, 0.05) is 35.7 Å². The molecule has 2 heterocycles. The number of benzene rings is 1. The summed E-state index contributed by atoms with van der Waals surface area (Å²) in [6, 6.07) is 9.08. The van der Waals surface area contributed by atoms with E-state index in [9.17, 15) is 38.0 Å². The maximum Gasteiger partial charge on any atom is 0.473 e. The van der Waals surface area contributed by atoms with Crippen molar-refractivity contribution < 1.29 is 37.2 Å². The Morgan fingerprint density at radius 2 is 1.76 bits per heavy atom. The highest BCUT2D eigenvalue weighted by Gasteiger charge is 2.39. The zero-order chi connectivity index (χ0) is 21.3. The molecule has 0 saturated heterocycles. The number of nitro groups is 1. The Labute approximate surface area is 163 Å². The van der Waals surface area contributed by atoms with Crippen LogP contribution in [0.5, 0.6) is 0 Å². The Morgan fingerprint density at radius 3 is 2.34 bits per heavy atom. The molecule has 0 unspecified atom stereocenters. The quantitative estimate of drug-likeness (QED) is 0.158. The topological polar surface area (TPSA) is 117 Å². The molecule has 0 bridgehead atoms. The predicted molar refractivity (Wildman–Crippen MR) is 91.6 cm³/mol. The van der Waals surface area contributed by atoms with Gasteiger partial charge in [0.05, 0.1) is 4.92 Å². The van der Waals surface area contributed by atoms with Gasteiger partial charge in [-0.3, -0.25) is 19.7 Å². The molecule has 3 rings (SSSR count). The van der Waals surface area contributed by atoms with E-state index in [0.717, 1.165) is 24.3 Å². The van der Waals surface area contributed by atoms with Gasteiger partial charge in [-0.1, -0.05) is 11.3 Å². The van der Waals surface area contributed by atoms with E-state index in [1.54, 1.807) is 6.07 Å². The first kappa shape index (κ1) is 20.1. The maximum atomic E-state index is 12.9. The Kier molecular flexibility index (Phi) is 5.12. The number of carbonyl (C=O) groups excluding carboxylic acids is 2. The summed E-state index contributed by atoms with van der Waals surface area (Å²) in [5.74, 6) is -4.87. The Morgan fingerprint density at radius 1 is 1.10 bits per heavy atom. The first-order valence-electron chi connectivity index (χ1n) is 7.69. The van der Waals surface area contributed by atoms with E-state index in [1.807, 2.05) is 0 Å². The standard InChI is InChI=1S/C17H8F3N3O5S/c18-17(19,20)16(26)21-15(25)14-12(22-8-2-1-3-11(22)29-14)13(24)9-4-6-10(7-5-9)23(27)28/h1-8H. The van der Waals surface area contributed by atoms with Gasteiger partial charge in [-0.05, 0) is 18.2 Å². The lowest BCUT2D eigenvalue weighted by molar-refractivity contribution is -0.510. The van der Waals surface area contributed by atoms with Crippen LogP contribution in [0.15, 0.2) is 53.7 Å². The molecule has 0 N–H and O–H groups in total. The van der Waals surface area contributed by atoms with Gasteiger partial charge in [-0.25, -0.2) is 4.99 Å². The number of fused-ring (bicyclic) bond motifs is 1. The van der Waals surface area contributed by atoms with E-state index < -0.39 is 33.6 Å². The minimum absolute atomic E-state index is 0.0390. The second-order valence-corrected chi connectivity index (χ2v) is 6.57. The second-order valence-electron chi connectivity index (χ2n) is 5.54. The van der Waals surface area contributed by atoms with Crippen molar-refractivity contribution in [1.29, 1.82) is 0 Å². The number of aromatic nitrogens is 1. The number of amides is 1. The SMILES string of the molecule is O=C(c1ccc([N+](=O)[O-])cc1)c1c(C([O-])=NC(=O)C(F)(F)F)sc2cccc[n+]12. The highest BCUT2D eigenvalue weighted by Crippen LogP contribution is 2.23. The molecule has 0 saturated carbocycles. The van der Waals surface area contributed by atoms with E-state index in [-0.39, 0.29) is 16.9 Å². The minimum Gasteiger partial charge on any atom is -0.857 e. The predicted octanol–water partition coefficient (Wildman–Crippen LogP) is 1.82. The van der Waals surface area contributed by atoms with Crippen LogP contribution in [0, 0.1) is 10.1 Å². The van der Waals surface area contributed by atoms with Gasteiger partial charge in [0.25, 0.3) is 22.0 Å². The third kappa shape index (κ3) is 3.96. The molecular weight excluding hydrogens is 415 g/mol. The molecule has 0 aliphatic carbocycles. The highest BCUT2D eigenvalue weighted by atomic mass is 32.1. The molecule has 0 radical (unpaired) electrons. The summed E-state index contributed by atoms with van der Waals surface area (Å²) in [5.41, 5.74) is -0.613. The average molecular weight is 423 g/mol. The number of carbonyl (C=O) groups is 2. The number of alkyl halides is 3. The molecule has 0 atom stereocenters. The Balaban J connectivity index is 2.15. The zero-order valence-corrected chi connectivity index (χ0v) is 14.9. The van der Waals surface area contributed by atoms with Gasteiger partial charge in [-0.2, -0.15) is 13.2 Å². The van der Waals surface area contributed by atoms with Crippen molar-refractivity contribution in [1.82, 2.24) is 0 Å². The lowest BCUT2D eigenvalue weighted by Gasteiger charge is -2.08. The number of thiazole rings is 1. The van der Waals surface area contributed by atoms with E-state index in [1.165, 1.54) is 22.7 Å². The zero-order valence-electron chi connectivity index (χ0n) is 14.0. The van der Waals surface area contributed by atoms with Crippen molar-refractivity contribution in [2.45, 2.75) is 6.18 Å². The third-order valence-electron chi connectivity index (χ3n) is 3.68. The fourth-order valence-corrected chi connectivity index (χ4v) is 3.42. The largest absolute Gasteiger partial charge is 0.857 e. The van der Waals surface area contributed by atoms with Gasteiger partial charge in [-0.15, -0.1) is 4.40 Å². The number of nitro benzene ring substituents is 1. The van der Waals surface area contributed by atoms with Crippen LogP contribution in [-0.4, -0.2) is 28.7 Å². The summed E-state index contributed by atoms with van der Waals surface area (Å²) in [6.45, 7) is 0. The monoisotopic (exact) mass is 423 g/mol. The average Bonchev–Trinajstić information content (AvgIpc) is 3.06. The molecule has 0 fully saturated rings. The number of halogens is 3. The minimum atomic E-state index is -5.33. The van der Waals surface area contributed by atoms with E-state index in [4.69, 9.17) is 0 Å². The molecule has 0 aliphatic rings. The van der Waals surface area contributed by atoms with Gasteiger partial charge >= 0.3 is 12.1 Å². The molecule has 148 valence electrons. The first-order valence-corrected chi connectivity index (χ1v) is 8.51. The Hall–Kier alpha value is -3.67. The number of rotatable bonds is 4. The van der Waals surface area contributed by atoms with Crippen LogP contribution >= 0.6 is 11.3 Å². The number of ketones is 1. The van der Waals surface area contributed by atoms with Gasteiger partial charge in [0.1, 0.15) is 4.88 Å². The summed E-state index contributed by atoms with van der Waals surface area (Å²) in [4.78, 5) is 36.5. The molecule has 0 spiro atoms. The summed E-state index contributed by atoms with van der Waals surface area (Å²) in [7, 11) is 0. The molecule has 3 aromatic rings. The van der Waals surface area contributed by atoms with E-state index in [2.05, 4.69) is 4.99 Å². The molecule has 0 aliphatic heterocycles. The first-order chi connectivity index (χ1) is 13.6. The lowest BCUT2D eigenvalue weighted by atomic mass is 10.1. The fourth-order valence-electron chi connectivity index (χ4n) is 2.39. The molecule has 2 aromatic heterocycles. The van der Waals surface area contributed by atoms with Crippen LogP contribution in [0.1, 0.15) is 20.9 Å². The molecular formula is C17H8F3N3O5S. The third-order valence-corrected chi connectivity index (χ3v) is 4.79. The van der Waals surface area contributed by atoms with Crippen LogP contribution in [0.2, 0.25) is 0 Å². The molecule has 8 nitrogen and oxygen atoms in total. The number of hydrogen-bond donors (Lipinski definition) is 0. The van der Waals surface area contributed by atoms with Gasteiger partial charge in [0.2, 0.25) is 0 Å². The summed E-state index contributed by atoms with van der Waals surface area (Å²) in [5, 5.41) is 23.0. The number of hydrogen-bond acceptors (Lipinski definition) is 6. The van der Waals surface area contributed by atoms with Gasteiger partial charge < -0.3 is 5.11 Å². The van der Waals surface area contributed by atoms with Crippen LogP contribution in [0.4, 0.5) is 18.9 Å². The second kappa shape index (κ2) is 7.39. The highest BCUT2D eigenvalue weighted by molar-refractivity contribution is 7.19. The van der Waals surface area contributed by atoms with Crippen LogP contribution in [0.25, 0.3) is 4.83 Å². The number of nitrogens with zero attached hydrogens (tertiary/aromatic N) is 3. The Bertz CT molecular complexity index is 1170. The summed E-state index contributed by atoms with van der Waals surface area (Å²) in [6.07, 6.45) is -3.92. The lowest BCUT2D eigenvalue weighted by Crippen LogP contribution is -2.32. The normalized spacial score (nSPS) is 12.2. The molecule has 12 heteroatoms. The molecule has 29 heavy (non-hydrogen) atoms. The van der Waals surface area contributed by atoms with Crippen LogP contribution < -0.4 is 9.51 Å². The smallest absolute Gasteiger partial charge is 0.473 e. The number of aliphatic imine (C=N–C) groups is 1. The maximum absolute atomic E-state index is 12.9. The van der Waals surface area contributed by atoms with E-state index in [0.29, 0.717) is 16.2 Å². The summed E-state index contributed by atoms with van der Waals surface area (Å²) < 4.78 is 38.6. The van der Waals surface area contributed by atoms with Crippen molar-refractivity contribution in [3.05, 3.63) is 74.9 Å². The molecule has 1 amide bonds. The molecule has 1 aromatic carbocycles. The van der Waals surface area contributed by atoms with Crippen molar-refractivity contribution in [3.63, 3.8) is 0 Å². The van der Waals surface area contributed by atoms with Crippen molar-refractivity contribution in [2.24, 2.45) is 4.99 Å². The van der Waals surface area contributed by atoms with Crippen LogP contribution in [0.3, 0.4) is 0 Å². The fraction of sp³-hybridized carbons (Fsp3) is 0.0588. The van der Waals surface area contributed by atoms with Crippen molar-refractivity contribution in [3.8, 4) is 0 Å².